The average Bonchev–Trinajstić information content (AvgIpc) is 2.85. The molecule has 2 atom stereocenters. The van der Waals surface area contributed by atoms with Gasteiger partial charge in [-0.2, -0.15) is 0 Å². The van der Waals surface area contributed by atoms with Gasteiger partial charge in [-0.1, -0.05) is 19.9 Å². The summed E-state index contributed by atoms with van der Waals surface area (Å²) < 4.78 is 10.7. The maximum atomic E-state index is 9.12. The van der Waals surface area contributed by atoms with Crippen molar-refractivity contribution in [2.75, 3.05) is 13.4 Å². The SMILES string of the molecule is CC(NC(CCO)C(C)C)c1ccc2c(c1)OCO2. The van der Waals surface area contributed by atoms with Crippen LogP contribution in [0.1, 0.15) is 38.8 Å². The van der Waals surface area contributed by atoms with Crippen LogP contribution in [0.25, 0.3) is 0 Å². The monoisotopic (exact) mass is 265 g/mol. The molecule has 19 heavy (non-hydrogen) atoms. The van der Waals surface area contributed by atoms with Gasteiger partial charge in [-0.3, -0.25) is 0 Å². The highest BCUT2D eigenvalue weighted by Gasteiger charge is 2.19. The van der Waals surface area contributed by atoms with Crippen molar-refractivity contribution in [2.24, 2.45) is 5.92 Å². The third kappa shape index (κ3) is 3.39. The third-order valence-corrected chi connectivity index (χ3v) is 3.61. The molecule has 0 fully saturated rings. The normalized spacial score (nSPS) is 16.7. The fourth-order valence-electron chi connectivity index (χ4n) is 2.35. The van der Waals surface area contributed by atoms with Gasteiger partial charge in [0.05, 0.1) is 0 Å². The molecule has 1 aromatic rings. The highest BCUT2D eigenvalue weighted by molar-refractivity contribution is 5.45. The van der Waals surface area contributed by atoms with Gasteiger partial charge in [-0.05, 0) is 37.0 Å². The van der Waals surface area contributed by atoms with Crippen molar-refractivity contribution >= 4 is 0 Å². The topological polar surface area (TPSA) is 50.7 Å². The van der Waals surface area contributed by atoms with Crippen molar-refractivity contribution in [3.63, 3.8) is 0 Å². The van der Waals surface area contributed by atoms with E-state index in [0.29, 0.717) is 18.8 Å². The summed E-state index contributed by atoms with van der Waals surface area (Å²) in [7, 11) is 0. The largest absolute Gasteiger partial charge is 0.454 e. The second-order valence-corrected chi connectivity index (χ2v) is 5.36. The molecule has 0 bridgehead atoms. The Morgan fingerprint density at radius 2 is 1.95 bits per heavy atom. The lowest BCUT2D eigenvalue weighted by Crippen LogP contribution is -2.36. The number of benzene rings is 1. The first-order valence-corrected chi connectivity index (χ1v) is 6.88. The molecule has 0 aromatic heterocycles. The molecule has 0 amide bonds. The molecule has 0 saturated heterocycles. The standard InChI is InChI=1S/C15H23NO3/c1-10(2)13(6-7-17)16-11(3)12-4-5-14-15(8-12)19-9-18-14/h4-5,8,10-11,13,16-17H,6-7,9H2,1-3H3. The molecule has 2 unspecified atom stereocenters. The number of aliphatic hydroxyl groups is 1. The molecule has 2 rings (SSSR count). The van der Waals surface area contributed by atoms with E-state index in [0.717, 1.165) is 17.9 Å². The highest BCUT2D eigenvalue weighted by Crippen LogP contribution is 2.34. The van der Waals surface area contributed by atoms with E-state index in [-0.39, 0.29) is 12.6 Å². The van der Waals surface area contributed by atoms with Crippen LogP contribution in [0.3, 0.4) is 0 Å². The van der Waals surface area contributed by atoms with E-state index in [1.165, 1.54) is 5.56 Å². The Morgan fingerprint density at radius 3 is 2.63 bits per heavy atom. The number of ether oxygens (including phenoxy) is 2. The number of hydrogen-bond donors (Lipinski definition) is 2. The predicted octanol–water partition coefficient (Wildman–Crippen LogP) is 2.47. The Kier molecular flexibility index (Phi) is 4.66. The molecule has 0 saturated carbocycles. The summed E-state index contributed by atoms with van der Waals surface area (Å²) in [5.41, 5.74) is 1.17. The maximum Gasteiger partial charge on any atom is 0.231 e. The van der Waals surface area contributed by atoms with Crippen LogP contribution >= 0.6 is 0 Å². The minimum atomic E-state index is 0.212. The Balaban J connectivity index is 2.04. The zero-order valence-corrected chi connectivity index (χ0v) is 11.8. The minimum Gasteiger partial charge on any atom is -0.454 e. The van der Waals surface area contributed by atoms with Crippen molar-refractivity contribution in [2.45, 2.75) is 39.3 Å². The second-order valence-electron chi connectivity index (χ2n) is 5.36. The molecular formula is C15H23NO3. The van der Waals surface area contributed by atoms with Crippen molar-refractivity contribution in [1.82, 2.24) is 5.32 Å². The third-order valence-electron chi connectivity index (χ3n) is 3.61. The van der Waals surface area contributed by atoms with E-state index < -0.39 is 0 Å². The summed E-state index contributed by atoms with van der Waals surface area (Å²) in [5.74, 6) is 2.12. The van der Waals surface area contributed by atoms with Gasteiger partial charge in [0.1, 0.15) is 0 Å². The molecular weight excluding hydrogens is 242 g/mol. The summed E-state index contributed by atoms with van der Waals surface area (Å²) in [6.45, 7) is 6.98. The molecule has 2 N–H and O–H groups in total. The lowest BCUT2D eigenvalue weighted by molar-refractivity contribution is 0.174. The lowest BCUT2D eigenvalue weighted by Gasteiger charge is -2.26. The first kappa shape index (κ1) is 14.2. The van der Waals surface area contributed by atoms with E-state index in [1.807, 2.05) is 12.1 Å². The molecule has 0 spiro atoms. The van der Waals surface area contributed by atoms with Gasteiger partial charge in [0.15, 0.2) is 11.5 Å². The van der Waals surface area contributed by atoms with E-state index in [1.54, 1.807) is 0 Å². The maximum absolute atomic E-state index is 9.12. The molecule has 0 aliphatic carbocycles. The van der Waals surface area contributed by atoms with E-state index >= 15 is 0 Å². The van der Waals surface area contributed by atoms with Gasteiger partial charge in [0.2, 0.25) is 6.79 Å². The highest BCUT2D eigenvalue weighted by atomic mass is 16.7. The van der Waals surface area contributed by atoms with Gasteiger partial charge in [-0.15, -0.1) is 0 Å². The van der Waals surface area contributed by atoms with Crippen LogP contribution in [0.2, 0.25) is 0 Å². The molecule has 4 heteroatoms. The fraction of sp³-hybridized carbons (Fsp3) is 0.600. The second kappa shape index (κ2) is 6.26. The average molecular weight is 265 g/mol. The molecule has 1 aromatic carbocycles. The number of nitrogens with one attached hydrogen (secondary N) is 1. The first-order chi connectivity index (χ1) is 9.11. The van der Waals surface area contributed by atoms with E-state index in [9.17, 15) is 0 Å². The molecule has 1 aliphatic heterocycles. The van der Waals surface area contributed by atoms with Crippen LogP contribution < -0.4 is 14.8 Å². The van der Waals surface area contributed by atoms with Crippen molar-refractivity contribution in [1.29, 1.82) is 0 Å². The molecule has 1 aliphatic rings. The summed E-state index contributed by atoms with van der Waals surface area (Å²) in [6, 6.07) is 6.56. The number of aliphatic hydroxyl groups excluding tert-OH is 1. The quantitative estimate of drug-likeness (QED) is 0.829. The fourth-order valence-corrected chi connectivity index (χ4v) is 2.35. The van der Waals surface area contributed by atoms with Gasteiger partial charge in [0, 0.05) is 18.7 Å². The molecule has 1 heterocycles. The van der Waals surface area contributed by atoms with Gasteiger partial charge in [-0.25, -0.2) is 0 Å². The Hall–Kier alpha value is -1.26. The van der Waals surface area contributed by atoms with Gasteiger partial charge >= 0.3 is 0 Å². The Bertz CT molecular complexity index is 420. The summed E-state index contributed by atoms with van der Waals surface area (Å²) in [5, 5.41) is 12.7. The number of fused-ring (bicyclic) bond motifs is 1. The number of hydrogen-bond acceptors (Lipinski definition) is 4. The van der Waals surface area contributed by atoms with Crippen LogP contribution in [0, 0.1) is 5.92 Å². The summed E-state index contributed by atoms with van der Waals surface area (Å²) in [4.78, 5) is 0. The zero-order chi connectivity index (χ0) is 13.8. The number of rotatable bonds is 6. The van der Waals surface area contributed by atoms with Crippen molar-refractivity contribution in [3.05, 3.63) is 23.8 Å². The van der Waals surface area contributed by atoms with E-state index in [4.69, 9.17) is 14.6 Å². The minimum absolute atomic E-state index is 0.212. The summed E-state index contributed by atoms with van der Waals surface area (Å²) in [6.07, 6.45) is 0.770. The van der Waals surface area contributed by atoms with Crippen LogP contribution in [0.4, 0.5) is 0 Å². The molecule has 4 nitrogen and oxygen atoms in total. The molecule has 0 radical (unpaired) electrons. The molecule has 106 valence electrons. The van der Waals surface area contributed by atoms with Crippen LogP contribution in [-0.4, -0.2) is 24.5 Å². The Labute approximate surface area is 114 Å². The van der Waals surface area contributed by atoms with Crippen LogP contribution in [0.5, 0.6) is 11.5 Å². The lowest BCUT2D eigenvalue weighted by atomic mass is 9.98. The van der Waals surface area contributed by atoms with Crippen molar-refractivity contribution in [3.8, 4) is 11.5 Å². The Morgan fingerprint density at radius 1 is 1.21 bits per heavy atom. The van der Waals surface area contributed by atoms with E-state index in [2.05, 4.69) is 32.2 Å². The summed E-state index contributed by atoms with van der Waals surface area (Å²) >= 11 is 0. The predicted molar refractivity (Wildman–Crippen MR) is 74.4 cm³/mol. The van der Waals surface area contributed by atoms with Crippen molar-refractivity contribution < 1.29 is 14.6 Å². The van der Waals surface area contributed by atoms with Gasteiger partial charge < -0.3 is 19.9 Å². The zero-order valence-electron chi connectivity index (χ0n) is 11.8. The van der Waals surface area contributed by atoms with Crippen LogP contribution in [-0.2, 0) is 0 Å². The van der Waals surface area contributed by atoms with Crippen LogP contribution in [0.15, 0.2) is 18.2 Å². The van der Waals surface area contributed by atoms with Gasteiger partial charge in [0.25, 0.3) is 0 Å². The first-order valence-electron chi connectivity index (χ1n) is 6.88. The smallest absolute Gasteiger partial charge is 0.231 e.